The average molecular weight is 190 g/mol. The third-order valence-electron chi connectivity index (χ3n) is 2.16. The molecule has 4 nitrogen and oxygen atoms in total. The van der Waals surface area contributed by atoms with Crippen LogP contribution in [0.15, 0.2) is 24.4 Å². The van der Waals surface area contributed by atoms with Crippen molar-refractivity contribution < 1.29 is 0 Å². The van der Waals surface area contributed by atoms with Crippen LogP contribution in [0.3, 0.4) is 0 Å². The van der Waals surface area contributed by atoms with E-state index in [1.54, 1.807) is 0 Å². The van der Waals surface area contributed by atoms with Gasteiger partial charge >= 0.3 is 0 Å². The summed E-state index contributed by atoms with van der Waals surface area (Å²) in [5.74, 6) is 0. The minimum atomic E-state index is 0.673. The van der Waals surface area contributed by atoms with Crippen molar-refractivity contribution in [3.8, 4) is 0 Å². The highest BCUT2D eigenvalue weighted by atomic mass is 15.1. The van der Waals surface area contributed by atoms with Crippen LogP contribution >= 0.6 is 0 Å². The number of fused-ring (bicyclic) bond motifs is 1. The molecule has 1 aromatic carbocycles. The van der Waals surface area contributed by atoms with Crippen LogP contribution in [0, 0.1) is 0 Å². The van der Waals surface area contributed by atoms with E-state index in [1.165, 1.54) is 5.56 Å². The molecule has 0 amide bonds. The highest BCUT2D eigenvalue weighted by molar-refractivity contribution is 5.78. The number of nitrogens with two attached hydrogens (primary N) is 1. The summed E-state index contributed by atoms with van der Waals surface area (Å²) in [6.45, 7) is 2.37. The van der Waals surface area contributed by atoms with Crippen molar-refractivity contribution in [2.24, 2.45) is 5.73 Å². The molecule has 4 heteroatoms. The highest BCUT2D eigenvalue weighted by Gasteiger charge is 1.97. The molecule has 1 aromatic heterocycles. The molecule has 1 heterocycles. The number of rotatable bonds is 4. The molecule has 0 aliphatic rings. The normalized spacial score (nSPS) is 10.9. The maximum atomic E-state index is 5.39. The second-order valence-electron chi connectivity index (χ2n) is 3.26. The molecule has 74 valence electrons. The van der Waals surface area contributed by atoms with E-state index in [0.717, 1.165) is 24.0 Å². The predicted octanol–water partition coefficient (Wildman–Crippen LogP) is 0.611. The lowest BCUT2D eigenvalue weighted by Gasteiger charge is -2.02. The first kappa shape index (κ1) is 9.18. The standard InChI is InChI=1S/C10H14N4/c11-3-4-12-6-8-1-2-9-7-13-14-10(9)5-8/h1-2,5,7,12H,3-4,6,11H2,(H,13,14). The maximum Gasteiger partial charge on any atom is 0.0653 e. The van der Waals surface area contributed by atoms with Gasteiger partial charge in [-0.05, 0) is 11.6 Å². The number of nitrogens with one attached hydrogen (secondary N) is 2. The second-order valence-corrected chi connectivity index (χ2v) is 3.26. The molecule has 0 saturated heterocycles. The summed E-state index contributed by atoms with van der Waals surface area (Å²) < 4.78 is 0. The Hall–Kier alpha value is -1.39. The van der Waals surface area contributed by atoms with E-state index in [-0.39, 0.29) is 0 Å². The molecule has 0 unspecified atom stereocenters. The first-order valence-corrected chi connectivity index (χ1v) is 4.73. The quantitative estimate of drug-likeness (QED) is 0.619. The number of hydrogen-bond acceptors (Lipinski definition) is 3. The zero-order chi connectivity index (χ0) is 9.80. The SMILES string of the molecule is NCCNCc1ccc2cn[nH]c2c1. The zero-order valence-electron chi connectivity index (χ0n) is 7.96. The van der Waals surface area contributed by atoms with Crippen molar-refractivity contribution in [2.45, 2.75) is 6.54 Å². The van der Waals surface area contributed by atoms with Gasteiger partial charge in [-0.25, -0.2) is 0 Å². The Labute approximate surface area is 82.5 Å². The zero-order valence-corrected chi connectivity index (χ0v) is 7.96. The van der Waals surface area contributed by atoms with Gasteiger partial charge in [0, 0.05) is 25.0 Å². The van der Waals surface area contributed by atoms with E-state index < -0.39 is 0 Å². The summed E-state index contributed by atoms with van der Waals surface area (Å²) in [6.07, 6.45) is 1.83. The first-order valence-electron chi connectivity index (χ1n) is 4.73. The largest absolute Gasteiger partial charge is 0.329 e. The Morgan fingerprint density at radius 3 is 3.21 bits per heavy atom. The van der Waals surface area contributed by atoms with Crippen molar-refractivity contribution in [1.82, 2.24) is 15.5 Å². The van der Waals surface area contributed by atoms with Crippen LogP contribution in [0.1, 0.15) is 5.56 Å². The van der Waals surface area contributed by atoms with Crippen LogP contribution in [0.5, 0.6) is 0 Å². The van der Waals surface area contributed by atoms with Crippen LogP contribution < -0.4 is 11.1 Å². The Balaban J connectivity index is 2.10. The summed E-state index contributed by atoms with van der Waals surface area (Å²) in [5.41, 5.74) is 7.71. The van der Waals surface area contributed by atoms with Gasteiger partial charge in [-0.1, -0.05) is 12.1 Å². The molecule has 2 aromatic rings. The third kappa shape index (κ3) is 1.92. The summed E-state index contributed by atoms with van der Waals surface area (Å²) >= 11 is 0. The fourth-order valence-corrected chi connectivity index (χ4v) is 1.43. The number of aromatic nitrogens is 2. The van der Waals surface area contributed by atoms with E-state index >= 15 is 0 Å². The fraction of sp³-hybridized carbons (Fsp3) is 0.300. The van der Waals surface area contributed by atoms with Crippen LogP contribution in [-0.4, -0.2) is 23.3 Å². The summed E-state index contributed by atoms with van der Waals surface area (Å²) in [5, 5.41) is 11.3. The Bertz CT molecular complexity index is 407. The van der Waals surface area contributed by atoms with Crippen molar-refractivity contribution in [1.29, 1.82) is 0 Å². The van der Waals surface area contributed by atoms with E-state index in [0.29, 0.717) is 6.54 Å². The molecule has 14 heavy (non-hydrogen) atoms. The summed E-state index contributed by atoms with van der Waals surface area (Å²) in [6, 6.07) is 6.27. The van der Waals surface area contributed by atoms with Gasteiger partial charge in [-0.3, -0.25) is 5.10 Å². The molecule has 0 fully saturated rings. The van der Waals surface area contributed by atoms with E-state index in [1.807, 2.05) is 6.20 Å². The minimum Gasteiger partial charge on any atom is -0.329 e. The lowest BCUT2D eigenvalue weighted by molar-refractivity contribution is 0.695. The van der Waals surface area contributed by atoms with Gasteiger partial charge < -0.3 is 11.1 Å². The lowest BCUT2D eigenvalue weighted by Crippen LogP contribution is -2.21. The smallest absolute Gasteiger partial charge is 0.0653 e. The lowest BCUT2D eigenvalue weighted by atomic mass is 10.2. The molecule has 0 aliphatic carbocycles. The molecule has 0 radical (unpaired) electrons. The Morgan fingerprint density at radius 1 is 1.43 bits per heavy atom. The van der Waals surface area contributed by atoms with Crippen LogP contribution in [0.25, 0.3) is 10.9 Å². The van der Waals surface area contributed by atoms with Gasteiger partial charge in [0.1, 0.15) is 0 Å². The monoisotopic (exact) mass is 190 g/mol. The average Bonchev–Trinajstić information content (AvgIpc) is 2.65. The van der Waals surface area contributed by atoms with Crippen LogP contribution in [0.2, 0.25) is 0 Å². The number of nitrogens with zero attached hydrogens (tertiary/aromatic N) is 1. The van der Waals surface area contributed by atoms with Crippen LogP contribution in [0.4, 0.5) is 0 Å². The Kier molecular flexibility index (Phi) is 2.76. The summed E-state index contributed by atoms with van der Waals surface area (Å²) in [4.78, 5) is 0. The fourth-order valence-electron chi connectivity index (χ4n) is 1.43. The molecule has 0 bridgehead atoms. The first-order chi connectivity index (χ1) is 6.90. The Morgan fingerprint density at radius 2 is 2.36 bits per heavy atom. The number of H-pyrrole nitrogens is 1. The number of hydrogen-bond donors (Lipinski definition) is 3. The van der Waals surface area contributed by atoms with Gasteiger partial charge in [-0.2, -0.15) is 5.10 Å². The topological polar surface area (TPSA) is 66.7 Å². The van der Waals surface area contributed by atoms with Gasteiger partial charge in [0.2, 0.25) is 0 Å². The van der Waals surface area contributed by atoms with Gasteiger partial charge in [0.15, 0.2) is 0 Å². The minimum absolute atomic E-state index is 0.673. The van der Waals surface area contributed by atoms with E-state index in [4.69, 9.17) is 5.73 Å². The molecule has 0 spiro atoms. The molecular weight excluding hydrogens is 176 g/mol. The number of benzene rings is 1. The predicted molar refractivity (Wildman–Crippen MR) is 56.9 cm³/mol. The van der Waals surface area contributed by atoms with Crippen molar-refractivity contribution in [3.63, 3.8) is 0 Å². The molecule has 0 atom stereocenters. The van der Waals surface area contributed by atoms with E-state index in [2.05, 4.69) is 33.7 Å². The van der Waals surface area contributed by atoms with Crippen molar-refractivity contribution >= 4 is 10.9 Å². The molecule has 0 aliphatic heterocycles. The van der Waals surface area contributed by atoms with Gasteiger partial charge in [0.05, 0.1) is 11.7 Å². The highest BCUT2D eigenvalue weighted by Crippen LogP contribution is 2.12. The third-order valence-corrected chi connectivity index (χ3v) is 2.16. The maximum absolute atomic E-state index is 5.39. The molecule has 4 N–H and O–H groups in total. The molecular formula is C10H14N4. The van der Waals surface area contributed by atoms with Gasteiger partial charge in [-0.15, -0.1) is 0 Å². The van der Waals surface area contributed by atoms with Gasteiger partial charge in [0.25, 0.3) is 0 Å². The van der Waals surface area contributed by atoms with Crippen molar-refractivity contribution in [2.75, 3.05) is 13.1 Å². The van der Waals surface area contributed by atoms with E-state index in [9.17, 15) is 0 Å². The van der Waals surface area contributed by atoms with Crippen molar-refractivity contribution in [3.05, 3.63) is 30.0 Å². The van der Waals surface area contributed by atoms with Crippen LogP contribution in [-0.2, 0) is 6.54 Å². The summed E-state index contributed by atoms with van der Waals surface area (Å²) in [7, 11) is 0. The molecule has 0 saturated carbocycles. The number of aromatic amines is 1. The molecule has 2 rings (SSSR count). The second kappa shape index (κ2) is 4.21.